The van der Waals surface area contributed by atoms with Crippen molar-refractivity contribution in [2.24, 2.45) is 11.5 Å². The lowest BCUT2D eigenvalue weighted by Gasteiger charge is -2.15. The molecule has 0 saturated heterocycles. The summed E-state index contributed by atoms with van der Waals surface area (Å²) in [6.45, 7) is 0. The van der Waals surface area contributed by atoms with Crippen LogP contribution in [0.5, 0.6) is 0 Å². The van der Waals surface area contributed by atoms with E-state index in [-0.39, 0.29) is 18.5 Å². The van der Waals surface area contributed by atoms with Gasteiger partial charge in [0.25, 0.3) is 0 Å². The summed E-state index contributed by atoms with van der Waals surface area (Å²) in [7, 11) is -3.25. The molecule has 3 amide bonds. The summed E-state index contributed by atoms with van der Waals surface area (Å²) in [6, 6.07) is 23.4. The van der Waals surface area contributed by atoms with Crippen LogP contribution < -0.4 is 16.8 Å². The zero-order chi connectivity index (χ0) is 28.7. The van der Waals surface area contributed by atoms with Crippen molar-refractivity contribution in [3.05, 3.63) is 95.2 Å². The molecule has 5 N–H and O–H groups in total. The van der Waals surface area contributed by atoms with Crippen molar-refractivity contribution in [2.45, 2.75) is 19.0 Å². The van der Waals surface area contributed by atoms with Crippen LogP contribution in [-0.2, 0) is 31.5 Å². The third kappa shape index (κ3) is 7.91. The van der Waals surface area contributed by atoms with Crippen molar-refractivity contribution in [3.8, 4) is 22.7 Å². The molecule has 0 bridgehead atoms. The Balaban J connectivity index is 1.43. The highest BCUT2D eigenvalue weighted by Gasteiger charge is 2.27. The molecular formula is C29H28ClN4O5P. The fraction of sp³-hybridized carbons (Fsp3) is 0.172. The quantitative estimate of drug-likeness (QED) is 0.199. The smallest absolute Gasteiger partial charge is 0.226 e. The molecule has 3 aromatic carbocycles. The molecule has 0 fully saturated rings. The summed E-state index contributed by atoms with van der Waals surface area (Å²) in [6.07, 6.45) is -0.362. The van der Waals surface area contributed by atoms with Gasteiger partial charge in [0.2, 0.25) is 23.6 Å². The van der Waals surface area contributed by atoms with Gasteiger partial charge in [0.05, 0.1) is 12.3 Å². The van der Waals surface area contributed by atoms with Gasteiger partial charge in [0.15, 0.2) is 0 Å². The Hall–Kier alpha value is -4.20. The van der Waals surface area contributed by atoms with E-state index in [2.05, 4.69) is 5.32 Å². The predicted molar refractivity (Wildman–Crippen MR) is 155 cm³/mol. The molecule has 0 aliphatic heterocycles. The number of amides is 3. The zero-order valence-corrected chi connectivity index (χ0v) is 23.2. The molecule has 0 unspecified atom stereocenters. The van der Waals surface area contributed by atoms with Crippen molar-refractivity contribution in [2.75, 3.05) is 17.6 Å². The van der Waals surface area contributed by atoms with Gasteiger partial charge in [-0.25, -0.2) is 4.98 Å². The second-order valence-corrected chi connectivity index (χ2v) is 12.9. The predicted octanol–water partition coefficient (Wildman–Crippen LogP) is 5.07. The first-order valence-electron chi connectivity index (χ1n) is 12.4. The summed E-state index contributed by atoms with van der Waals surface area (Å²) in [5.41, 5.74) is 13.9. The van der Waals surface area contributed by atoms with Crippen LogP contribution >= 0.6 is 18.7 Å². The molecule has 9 nitrogen and oxygen atoms in total. The molecule has 0 radical (unpaired) electrons. The van der Waals surface area contributed by atoms with E-state index in [1.54, 1.807) is 36.4 Å². The highest BCUT2D eigenvalue weighted by atomic mass is 35.5. The Kier molecular flexibility index (Phi) is 9.19. The molecular weight excluding hydrogens is 551 g/mol. The van der Waals surface area contributed by atoms with Crippen LogP contribution in [0.2, 0.25) is 5.02 Å². The molecule has 1 heterocycles. The Bertz CT molecular complexity index is 1530. The van der Waals surface area contributed by atoms with Gasteiger partial charge in [-0.1, -0.05) is 54.1 Å². The number of nitrogens with two attached hydrogens (primary N) is 2. The largest absolute Gasteiger partial charge is 0.440 e. The number of nitrogens with zero attached hydrogens (tertiary/aromatic N) is 1. The number of primary amides is 2. The van der Waals surface area contributed by atoms with E-state index in [1.807, 2.05) is 42.5 Å². The van der Waals surface area contributed by atoms with Crippen molar-refractivity contribution < 1.29 is 23.4 Å². The Morgan fingerprint density at radius 1 is 0.850 bits per heavy atom. The van der Waals surface area contributed by atoms with Gasteiger partial charge < -0.3 is 25.8 Å². The first-order chi connectivity index (χ1) is 19.1. The first-order valence-corrected chi connectivity index (χ1v) is 15.1. The first kappa shape index (κ1) is 28.8. The number of carbonyl (C=O) groups is 3. The molecule has 0 aliphatic carbocycles. The minimum Gasteiger partial charge on any atom is -0.440 e. The van der Waals surface area contributed by atoms with Gasteiger partial charge in [-0.2, -0.15) is 0 Å². The number of benzene rings is 3. The molecule has 0 atom stereocenters. The average molecular weight is 579 g/mol. The molecule has 4 aromatic rings. The maximum Gasteiger partial charge on any atom is 0.226 e. The topological polar surface area (TPSA) is 158 Å². The van der Waals surface area contributed by atoms with E-state index < -0.39 is 31.3 Å². The maximum absolute atomic E-state index is 13.0. The number of rotatable bonds is 12. The number of aromatic nitrogens is 1. The summed E-state index contributed by atoms with van der Waals surface area (Å²) in [5.74, 6) is -0.709. The van der Waals surface area contributed by atoms with Crippen LogP contribution in [0.15, 0.2) is 83.3 Å². The van der Waals surface area contributed by atoms with Gasteiger partial charge in [0, 0.05) is 40.8 Å². The van der Waals surface area contributed by atoms with Gasteiger partial charge in [-0.15, -0.1) is 0 Å². The third-order valence-corrected chi connectivity index (χ3v) is 8.98. The van der Waals surface area contributed by atoms with Crippen molar-refractivity contribution in [1.82, 2.24) is 4.98 Å². The second kappa shape index (κ2) is 12.8. The summed E-state index contributed by atoms with van der Waals surface area (Å²) in [5, 5.41) is 3.44. The maximum atomic E-state index is 13.0. The normalized spacial score (nSPS) is 11.2. The van der Waals surface area contributed by atoms with E-state index in [0.717, 1.165) is 11.1 Å². The minimum absolute atomic E-state index is 0.00414. The van der Waals surface area contributed by atoms with Gasteiger partial charge in [-0.3, -0.25) is 14.4 Å². The van der Waals surface area contributed by atoms with Crippen LogP contribution in [0, 0.1) is 0 Å². The minimum atomic E-state index is -3.25. The Labute approximate surface area is 236 Å². The number of hydrogen-bond acceptors (Lipinski definition) is 6. The monoisotopic (exact) mass is 578 g/mol. The van der Waals surface area contributed by atoms with E-state index in [9.17, 15) is 18.9 Å². The highest BCUT2D eigenvalue weighted by molar-refractivity contribution is 7.64. The van der Waals surface area contributed by atoms with E-state index in [1.165, 1.54) is 0 Å². The summed E-state index contributed by atoms with van der Waals surface area (Å²) >= 11 is 6.05. The zero-order valence-electron chi connectivity index (χ0n) is 21.5. The average Bonchev–Trinajstić information content (AvgIpc) is 3.33. The van der Waals surface area contributed by atoms with Crippen molar-refractivity contribution >= 4 is 42.2 Å². The van der Waals surface area contributed by atoms with Crippen LogP contribution in [0.1, 0.15) is 17.7 Å². The number of carbonyl (C=O) groups excluding carboxylic acids is 3. The van der Waals surface area contributed by atoms with Gasteiger partial charge in [-0.05, 0) is 42.0 Å². The van der Waals surface area contributed by atoms with E-state index in [4.69, 9.17) is 32.5 Å². The third-order valence-electron chi connectivity index (χ3n) is 6.01. The van der Waals surface area contributed by atoms with Crippen LogP contribution in [0.25, 0.3) is 22.7 Å². The highest BCUT2D eigenvalue weighted by Crippen LogP contribution is 2.48. The molecule has 206 valence electrons. The lowest BCUT2D eigenvalue weighted by Crippen LogP contribution is -2.23. The lowest BCUT2D eigenvalue weighted by molar-refractivity contribution is -0.117. The summed E-state index contributed by atoms with van der Waals surface area (Å²) in [4.78, 5) is 40.2. The number of anilines is 1. The molecule has 0 saturated carbocycles. The summed E-state index contributed by atoms with van der Waals surface area (Å²) < 4.78 is 19.1. The SMILES string of the molecule is NC(=O)CP(=O)(CC(N)=O)Cc1ccc(NC(=O)CCc2oc(-c3ccccc3)nc2-c2ccc(Cl)cc2)cc1. The van der Waals surface area contributed by atoms with Crippen LogP contribution in [-0.4, -0.2) is 35.0 Å². The molecule has 4 rings (SSSR count). The molecule has 0 aliphatic rings. The van der Waals surface area contributed by atoms with Gasteiger partial charge in [0.1, 0.15) is 18.6 Å². The number of hydrogen-bond donors (Lipinski definition) is 3. The number of nitrogens with one attached hydrogen (secondary N) is 1. The molecule has 40 heavy (non-hydrogen) atoms. The number of halogens is 1. The lowest BCUT2D eigenvalue weighted by atomic mass is 10.1. The van der Waals surface area contributed by atoms with Gasteiger partial charge >= 0.3 is 0 Å². The Morgan fingerprint density at radius 3 is 2.08 bits per heavy atom. The standard InChI is InChI=1S/C29H28ClN4O5P/c30-22-10-8-20(9-11-22)28-24(39-29(34-28)21-4-2-1-3-5-21)14-15-27(37)33-23-12-6-19(7-13-23)16-40(38,17-25(31)35)18-26(32)36/h1-13H,14-18H2,(H2,31,35)(H2,32,36)(H,33,37). The second-order valence-electron chi connectivity index (χ2n) is 9.37. The molecule has 0 spiro atoms. The fourth-order valence-corrected chi connectivity index (χ4v) is 6.74. The fourth-order valence-electron chi connectivity index (χ4n) is 4.27. The Morgan fingerprint density at radius 2 is 1.48 bits per heavy atom. The molecule has 1 aromatic heterocycles. The van der Waals surface area contributed by atoms with Crippen molar-refractivity contribution in [1.29, 1.82) is 0 Å². The van der Waals surface area contributed by atoms with Crippen LogP contribution in [0.4, 0.5) is 5.69 Å². The van der Waals surface area contributed by atoms with Crippen molar-refractivity contribution in [3.63, 3.8) is 0 Å². The van der Waals surface area contributed by atoms with E-state index in [0.29, 0.717) is 40.0 Å². The number of aryl methyl sites for hydroxylation is 1. The number of oxazole rings is 1. The van der Waals surface area contributed by atoms with Crippen LogP contribution in [0.3, 0.4) is 0 Å². The molecule has 11 heteroatoms. The van der Waals surface area contributed by atoms with E-state index >= 15 is 0 Å².